The van der Waals surface area contributed by atoms with Gasteiger partial charge in [-0.3, -0.25) is 0 Å². The van der Waals surface area contributed by atoms with Crippen molar-refractivity contribution in [2.75, 3.05) is 30.8 Å². The summed E-state index contributed by atoms with van der Waals surface area (Å²) in [5, 5.41) is 0. The van der Waals surface area contributed by atoms with Gasteiger partial charge in [-0.1, -0.05) is 6.92 Å². The van der Waals surface area contributed by atoms with E-state index >= 15 is 0 Å². The first-order chi connectivity index (χ1) is 8.22. The van der Waals surface area contributed by atoms with Gasteiger partial charge in [0.2, 0.25) is 0 Å². The lowest BCUT2D eigenvalue weighted by Crippen LogP contribution is -2.30. The SMILES string of the molecule is CCc1c(N)ncnc1N(C)CC1CCCO1. The molecular weight excluding hydrogens is 216 g/mol. The van der Waals surface area contributed by atoms with E-state index in [-0.39, 0.29) is 0 Å². The molecule has 1 aromatic heterocycles. The number of hydrogen-bond donors (Lipinski definition) is 1. The number of ether oxygens (including phenoxy) is 1. The Hall–Kier alpha value is -1.36. The predicted molar refractivity (Wildman–Crippen MR) is 68.1 cm³/mol. The van der Waals surface area contributed by atoms with E-state index < -0.39 is 0 Å². The Labute approximate surface area is 102 Å². The maximum Gasteiger partial charge on any atom is 0.137 e. The summed E-state index contributed by atoms with van der Waals surface area (Å²) in [5.74, 6) is 1.51. The number of likely N-dealkylation sites (N-methyl/N-ethyl adjacent to an activating group) is 1. The molecule has 0 bridgehead atoms. The summed E-state index contributed by atoms with van der Waals surface area (Å²) >= 11 is 0. The number of aromatic nitrogens is 2. The molecule has 0 amide bonds. The molecule has 1 fully saturated rings. The summed E-state index contributed by atoms with van der Waals surface area (Å²) in [4.78, 5) is 10.5. The van der Waals surface area contributed by atoms with Crippen molar-refractivity contribution in [1.82, 2.24) is 9.97 Å². The predicted octanol–water partition coefficient (Wildman–Crippen LogP) is 1.24. The molecule has 17 heavy (non-hydrogen) atoms. The Balaban J connectivity index is 2.12. The van der Waals surface area contributed by atoms with Crippen LogP contribution in [-0.4, -0.2) is 36.3 Å². The summed E-state index contributed by atoms with van der Waals surface area (Å²) in [5.41, 5.74) is 6.89. The molecule has 94 valence electrons. The molecule has 1 aromatic rings. The first-order valence-corrected chi connectivity index (χ1v) is 6.14. The van der Waals surface area contributed by atoms with Crippen LogP contribution in [0.1, 0.15) is 25.3 Å². The topological polar surface area (TPSA) is 64.3 Å². The molecule has 1 unspecified atom stereocenters. The van der Waals surface area contributed by atoms with Crippen LogP contribution in [0, 0.1) is 0 Å². The molecule has 1 aliphatic rings. The maximum absolute atomic E-state index is 5.87. The molecule has 0 aromatic carbocycles. The minimum absolute atomic E-state index is 0.320. The van der Waals surface area contributed by atoms with E-state index in [4.69, 9.17) is 10.5 Å². The average Bonchev–Trinajstić information content (AvgIpc) is 2.81. The Bertz CT molecular complexity index is 377. The minimum atomic E-state index is 0.320. The second-order valence-corrected chi connectivity index (χ2v) is 4.43. The molecule has 1 atom stereocenters. The molecule has 5 nitrogen and oxygen atoms in total. The summed E-state index contributed by atoms with van der Waals surface area (Å²) in [7, 11) is 2.03. The summed E-state index contributed by atoms with van der Waals surface area (Å²) in [6, 6.07) is 0. The molecule has 0 spiro atoms. The van der Waals surface area contributed by atoms with Crippen molar-refractivity contribution < 1.29 is 4.74 Å². The summed E-state index contributed by atoms with van der Waals surface area (Å²) < 4.78 is 5.63. The zero-order valence-electron chi connectivity index (χ0n) is 10.5. The Morgan fingerprint density at radius 3 is 3.00 bits per heavy atom. The van der Waals surface area contributed by atoms with Gasteiger partial charge in [-0.15, -0.1) is 0 Å². The fourth-order valence-corrected chi connectivity index (χ4v) is 2.26. The first kappa shape index (κ1) is 12.1. The van der Waals surface area contributed by atoms with E-state index in [0.29, 0.717) is 11.9 Å². The van der Waals surface area contributed by atoms with Crippen molar-refractivity contribution in [1.29, 1.82) is 0 Å². The molecular formula is C12H20N4O. The lowest BCUT2D eigenvalue weighted by atomic mass is 10.2. The van der Waals surface area contributed by atoms with Crippen LogP contribution in [0.2, 0.25) is 0 Å². The van der Waals surface area contributed by atoms with Crippen LogP contribution in [0.4, 0.5) is 11.6 Å². The van der Waals surface area contributed by atoms with Crippen molar-refractivity contribution in [2.45, 2.75) is 32.3 Å². The second kappa shape index (κ2) is 5.31. The van der Waals surface area contributed by atoms with Gasteiger partial charge >= 0.3 is 0 Å². The quantitative estimate of drug-likeness (QED) is 0.852. The third-order valence-electron chi connectivity index (χ3n) is 3.17. The lowest BCUT2D eigenvalue weighted by Gasteiger charge is -2.23. The third kappa shape index (κ3) is 2.66. The van der Waals surface area contributed by atoms with E-state index in [1.807, 2.05) is 7.05 Å². The Kier molecular flexibility index (Phi) is 3.78. The van der Waals surface area contributed by atoms with E-state index in [0.717, 1.165) is 43.8 Å². The molecule has 0 aliphatic carbocycles. The molecule has 5 heteroatoms. The maximum atomic E-state index is 5.87. The van der Waals surface area contributed by atoms with Crippen molar-refractivity contribution in [3.8, 4) is 0 Å². The second-order valence-electron chi connectivity index (χ2n) is 4.43. The third-order valence-corrected chi connectivity index (χ3v) is 3.17. The number of hydrogen-bond acceptors (Lipinski definition) is 5. The summed E-state index contributed by atoms with van der Waals surface area (Å²) in [6.45, 7) is 3.81. The highest BCUT2D eigenvalue weighted by Gasteiger charge is 2.20. The minimum Gasteiger partial charge on any atom is -0.383 e. The molecule has 0 saturated carbocycles. The first-order valence-electron chi connectivity index (χ1n) is 6.14. The van der Waals surface area contributed by atoms with Crippen LogP contribution < -0.4 is 10.6 Å². The standard InChI is InChI=1S/C12H20N4O/c1-3-10-11(13)14-8-15-12(10)16(2)7-9-5-4-6-17-9/h8-9H,3-7H2,1-2H3,(H2,13,14,15). The van der Waals surface area contributed by atoms with Gasteiger partial charge in [-0.05, 0) is 19.3 Å². The van der Waals surface area contributed by atoms with Crippen LogP contribution >= 0.6 is 0 Å². The molecule has 2 N–H and O–H groups in total. The number of rotatable bonds is 4. The van der Waals surface area contributed by atoms with Crippen molar-refractivity contribution in [2.24, 2.45) is 0 Å². The normalized spacial score (nSPS) is 19.5. The van der Waals surface area contributed by atoms with Gasteiger partial charge in [0.05, 0.1) is 6.10 Å². The highest BCUT2D eigenvalue weighted by atomic mass is 16.5. The van der Waals surface area contributed by atoms with Gasteiger partial charge in [0, 0.05) is 25.8 Å². The van der Waals surface area contributed by atoms with E-state index in [2.05, 4.69) is 21.8 Å². The van der Waals surface area contributed by atoms with Gasteiger partial charge in [-0.2, -0.15) is 0 Å². The zero-order chi connectivity index (χ0) is 12.3. The van der Waals surface area contributed by atoms with Crippen LogP contribution in [-0.2, 0) is 11.2 Å². The molecule has 1 saturated heterocycles. The van der Waals surface area contributed by atoms with Crippen molar-refractivity contribution in [3.63, 3.8) is 0 Å². The monoisotopic (exact) mass is 236 g/mol. The number of nitrogens with zero attached hydrogens (tertiary/aromatic N) is 3. The van der Waals surface area contributed by atoms with E-state index in [1.54, 1.807) is 0 Å². The molecule has 2 heterocycles. The highest BCUT2D eigenvalue weighted by molar-refractivity contribution is 5.56. The Morgan fingerprint density at radius 1 is 1.53 bits per heavy atom. The molecule has 0 radical (unpaired) electrons. The largest absolute Gasteiger partial charge is 0.383 e. The fraction of sp³-hybridized carbons (Fsp3) is 0.667. The van der Waals surface area contributed by atoms with Gasteiger partial charge in [0.1, 0.15) is 18.0 Å². The zero-order valence-corrected chi connectivity index (χ0v) is 10.5. The van der Waals surface area contributed by atoms with Crippen LogP contribution in [0.5, 0.6) is 0 Å². The fourth-order valence-electron chi connectivity index (χ4n) is 2.26. The molecule has 2 rings (SSSR count). The van der Waals surface area contributed by atoms with Crippen molar-refractivity contribution >= 4 is 11.6 Å². The number of anilines is 2. The van der Waals surface area contributed by atoms with Crippen molar-refractivity contribution in [3.05, 3.63) is 11.9 Å². The number of nitrogens with two attached hydrogens (primary N) is 1. The molecule has 1 aliphatic heterocycles. The van der Waals surface area contributed by atoms with Gasteiger partial charge < -0.3 is 15.4 Å². The number of nitrogen functional groups attached to an aromatic ring is 1. The van der Waals surface area contributed by atoms with E-state index in [1.165, 1.54) is 6.33 Å². The summed E-state index contributed by atoms with van der Waals surface area (Å²) in [6.07, 6.45) is 4.98. The van der Waals surface area contributed by atoms with Gasteiger partial charge in [0.15, 0.2) is 0 Å². The van der Waals surface area contributed by atoms with Gasteiger partial charge in [-0.25, -0.2) is 9.97 Å². The average molecular weight is 236 g/mol. The van der Waals surface area contributed by atoms with Gasteiger partial charge in [0.25, 0.3) is 0 Å². The highest BCUT2D eigenvalue weighted by Crippen LogP contribution is 2.22. The van der Waals surface area contributed by atoms with Crippen LogP contribution in [0.15, 0.2) is 6.33 Å². The Morgan fingerprint density at radius 2 is 2.35 bits per heavy atom. The lowest BCUT2D eigenvalue weighted by molar-refractivity contribution is 0.116. The smallest absolute Gasteiger partial charge is 0.137 e. The van der Waals surface area contributed by atoms with Crippen LogP contribution in [0.25, 0.3) is 0 Å². The van der Waals surface area contributed by atoms with E-state index in [9.17, 15) is 0 Å². The van der Waals surface area contributed by atoms with Crippen LogP contribution in [0.3, 0.4) is 0 Å².